The van der Waals surface area contributed by atoms with E-state index in [2.05, 4.69) is 10.4 Å². The van der Waals surface area contributed by atoms with E-state index in [4.69, 9.17) is 9.05 Å². The van der Waals surface area contributed by atoms with Gasteiger partial charge in [0, 0.05) is 29.9 Å². The van der Waals surface area contributed by atoms with Crippen molar-refractivity contribution in [2.24, 2.45) is 7.05 Å². The highest BCUT2D eigenvalue weighted by molar-refractivity contribution is 7.59. The average molecular weight is 468 g/mol. The number of aryl methyl sites for hydroxylation is 1. The van der Waals surface area contributed by atoms with Crippen LogP contribution in [0.15, 0.2) is 73.0 Å². The Balaban J connectivity index is 1.39. The largest absolute Gasteiger partial charge is 0.414 e. The third kappa shape index (κ3) is 6.00. The van der Waals surface area contributed by atoms with Crippen molar-refractivity contribution in [1.82, 2.24) is 9.78 Å². The zero-order chi connectivity index (χ0) is 23.3. The van der Waals surface area contributed by atoms with Crippen LogP contribution in [0.2, 0.25) is 0 Å². The van der Waals surface area contributed by atoms with Gasteiger partial charge in [-0.2, -0.15) is 19.0 Å². The first-order chi connectivity index (χ1) is 15.9. The number of carbonyl (C=O) groups is 1. The second kappa shape index (κ2) is 10.2. The minimum Gasteiger partial charge on any atom is -0.323 e. The van der Waals surface area contributed by atoms with Crippen molar-refractivity contribution < 1.29 is 23.1 Å². The fourth-order valence-electron chi connectivity index (χ4n) is 3.39. The van der Waals surface area contributed by atoms with E-state index in [0.717, 1.165) is 22.4 Å². The molecule has 0 fully saturated rings. The molecule has 1 aliphatic rings. The van der Waals surface area contributed by atoms with Crippen molar-refractivity contribution in [3.05, 3.63) is 89.9 Å². The van der Waals surface area contributed by atoms with Gasteiger partial charge in [0.1, 0.15) is 19.0 Å². The number of aromatic nitrogens is 2. The molecule has 3 aromatic rings. The van der Waals surface area contributed by atoms with E-state index in [0.29, 0.717) is 18.9 Å². The van der Waals surface area contributed by atoms with Crippen molar-refractivity contribution in [1.29, 1.82) is 0 Å². The van der Waals surface area contributed by atoms with Gasteiger partial charge in [0.05, 0.1) is 11.9 Å². The molecule has 2 N–H and O–H groups in total. The number of amides is 1. The minimum absolute atomic E-state index is 0.274. The summed E-state index contributed by atoms with van der Waals surface area (Å²) >= 11 is 0. The van der Waals surface area contributed by atoms with Crippen LogP contribution in [0.25, 0.3) is 17.3 Å². The maximum absolute atomic E-state index is 13.3. The number of benzene rings is 2. The summed E-state index contributed by atoms with van der Waals surface area (Å²) in [6.07, 6.45) is 8.65. The van der Waals surface area contributed by atoms with Crippen LogP contribution in [0.3, 0.4) is 0 Å². The summed E-state index contributed by atoms with van der Waals surface area (Å²) in [4.78, 5) is 23.0. The molecule has 0 aliphatic carbocycles. The summed E-state index contributed by atoms with van der Waals surface area (Å²) in [7, 11) is -1.15. The van der Waals surface area contributed by atoms with Crippen LogP contribution < -0.4 is 5.32 Å². The lowest BCUT2D eigenvalue weighted by molar-refractivity contribution is -0.111. The Morgan fingerprint density at radius 3 is 2.48 bits per heavy atom. The lowest BCUT2D eigenvalue weighted by Gasteiger charge is -2.14. The predicted octanol–water partition coefficient (Wildman–Crippen LogP) is 4.74. The van der Waals surface area contributed by atoms with E-state index in [1.54, 1.807) is 48.3 Å². The van der Waals surface area contributed by atoms with Gasteiger partial charge in [-0.3, -0.25) is 9.48 Å². The molecule has 7 nitrogen and oxygen atoms in total. The van der Waals surface area contributed by atoms with Crippen LogP contribution in [-0.4, -0.2) is 33.8 Å². The number of rotatable bonds is 6. The number of nitrogens with zero attached hydrogens (tertiary/aromatic N) is 2. The second-order valence-corrected chi connectivity index (χ2v) is 9.56. The Morgan fingerprint density at radius 1 is 1.15 bits per heavy atom. The molecule has 0 atom stereocenters. The SMILES string of the molecule is Cn1ncc(C=CC(=O)Nc2ccc(C[P+]3(O)OCC=CCO3)cc2)c1-c1ccc(F)cc1. The lowest BCUT2D eigenvalue weighted by atomic mass is 10.1. The van der Waals surface area contributed by atoms with Crippen LogP contribution in [0.4, 0.5) is 10.1 Å². The Kier molecular flexibility index (Phi) is 7.11. The maximum atomic E-state index is 13.3. The smallest absolute Gasteiger partial charge is 0.323 e. The normalized spacial score (nSPS) is 15.5. The third-order valence-corrected chi connectivity index (χ3v) is 6.88. The van der Waals surface area contributed by atoms with E-state index in [1.807, 2.05) is 24.3 Å². The first kappa shape index (κ1) is 23.0. The van der Waals surface area contributed by atoms with Crippen molar-refractivity contribution in [2.45, 2.75) is 6.16 Å². The standard InChI is InChI=1S/C24H23FN3O4P/c1-28-24(19-6-9-21(25)10-7-19)20(16-26-28)8-13-23(29)27-22-11-4-18(5-12-22)17-33(30)31-14-2-3-15-32-33/h2-13,16,30H,14-15,17H2,1H3/p+1. The summed E-state index contributed by atoms with van der Waals surface area (Å²) in [6, 6.07) is 13.3. The zero-order valence-corrected chi connectivity index (χ0v) is 18.9. The highest BCUT2D eigenvalue weighted by atomic mass is 31.2. The lowest BCUT2D eigenvalue weighted by Crippen LogP contribution is -2.08. The van der Waals surface area contributed by atoms with Gasteiger partial charge >= 0.3 is 7.94 Å². The van der Waals surface area contributed by atoms with Crippen molar-refractivity contribution in [3.63, 3.8) is 0 Å². The fraction of sp³-hybridized carbons (Fsp3) is 0.167. The molecular formula is C24H24FN3O4P+. The molecule has 0 radical (unpaired) electrons. The van der Waals surface area contributed by atoms with Gasteiger partial charge in [0.25, 0.3) is 0 Å². The summed E-state index contributed by atoms with van der Waals surface area (Å²) in [6.45, 7) is 0.648. The van der Waals surface area contributed by atoms with E-state index in [9.17, 15) is 14.1 Å². The number of carbonyl (C=O) groups excluding carboxylic acids is 1. The van der Waals surface area contributed by atoms with Crippen molar-refractivity contribution in [3.8, 4) is 11.3 Å². The van der Waals surface area contributed by atoms with Crippen LogP contribution in [0.5, 0.6) is 0 Å². The highest BCUT2D eigenvalue weighted by Crippen LogP contribution is 2.60. The van der Waals surface area contributed by atoms with E-state index < -0.39 is 7.94 Å². The molecule has 2 aromatic carbocycles. The molecule has 1 aromatic heterocycles. The molecular weight excluding hydrogens is 444 g/mol. The molecule has 0 unspecified atom stereocenters. The molecule has 0 saturated heterocycles. The molecule has 9 heteroatoms. The predicted molar refractivity (Wildman–Crippen MR) is 127 cm³/mol. The number of hydrogen-bond acceptors (Lipinski definition) is 5. The number of halogens is 1. The van der Waals surface area contributed by atoms with Crippen LogP contribution >= 0.6 is 7.94 Å². The van der Waals surface area contributed by atoms with Crippen LogP contribution in [0, 0.1) is 5.82 Å². The van der Waals surface area contributed by atoms with Gasteiger partial charge in [-0.1, -0.05) is 24.3 Å². The van der Waals surface area contributed by atoms with Gasteiger partial charge in [0.2, 0.25) is 5.91 Å². The van der Waals surface area contributed by atoms with Gasteiger partial charge in [0.15, 0.2) is 6.16 Å². The van der Waals surface area contributed by atoms with Crippen molar-refractivity contribution in [2.75, 3.05) is 18.5 Å². The van der Waals surface area contributed by atoms with E-state index >= 15 is 0 Å². The Bertz CT molecular complexity index is 1160. The minimum atomic E-state index is -2.94. The van der Waals surface area contributed by atoms with E-state index in [-0.39, 0.29) is 17.9 Å². The molecule has 4 rings (SSSR count). The third-order valence-electron chi connectivity index (χ3n) is 5.01. The summed E-state index contributed by atoms with van der Waals surface area (Å²) in [5, 5.41) is 7.05. The van der Waals surface area contributed by atoms with E-state index in [1.165, 1.54) is 18.2 Å². The maximum Gasteiger partial charge on any atom is 0.414 e. The van der Waals surface area contributed by atoms with Gasteiger partial charge in [-0.15, -0.1) is 0 Å². The number of nitrogens with one attached hydrogen (secondary N) is 1. The van der Waals surface area contributed by atoms with Gasteiger partial charge in [-0.05, 0) is 48.0 Å². The van der Waals surface area contributed by atoms with Gasteiger partial charge < -0.3 is 5.32 Å². The number of hydrogen-bond donors (Lipinski definition) is 2. The summed E-state index contributed by atoms with van der Waals surface area (Å²) < 4.78 is 25.9. The van der Waals surface area contributed by atoms with Gasteiger partial charge in [-0.25, -0.2) is 4.39 Å². The molecule has 1 aliphatic heterocycles. The zero-order valence-electron chi connectivity index (χ0n) is 18.0. The number of anilines is 1. The summed E-state index contributed by atoms with van der Waals surface area (Å²) in [5.41, 5.74) is 3.79. The van der Waals surface area contributed by atoms with Crippen molar-refractivity contribution >= 4 is 25.6 Å². The average Bonchev–Trinajstić information content (AvgIpc) is 3.03. The Morgan fingerprint density at radius 2 is 1.82 bits per heavy atom. The fourth-order valence-corrected chi connectivity index (χ4v) is 4.96. The summed E-state index contributed by atoms with van der Waals surface area (Å²) in [5.74, 6) is -0.616. The molecule has 33 heavy (non-hydrogen) atoms. The Labute approximate surface area is 191 Å². The van der Waals surface area contributed by atoms with Crippen LogP contribution in [0.1, 0.15) is 11.1 Å². The molecule has 0 bridgehead atoms. The first-order valence-electron chi connectivity index (χ1n) is 10.3. The molecule has 1 amide bonds. The highest BCUT2D eigenvalue weighted by Gasteiger charge is 2.41. The quantitative estimate of drug-likeness (QED) is 0.310. The second-order valence-electron chi connectivity index (χ2n) is 7.46. The molecule has 2 heterocycles. The first-order valence-corrected chi connectivity index (χ1v) is 12.1. The Hall–Kier alpha value is -3.16. The molecule has 170 valence electrons. The topological polar surface area (TPSA) is 85.6 Å². The molecule has 0 spiro atoms. The van der Waals surface area contributed by atoms with Crippen LogP contribution in [-0.2, 0) is 27.1 Å². The monoisotopic (exact) mass is 468 g/mol. The molecule has 0 saturated carbocycles.